The Morgan fingerprint density at radius 1 is 1.53 bits per heavy atom. The first kappa shape index (κ1) is 14.4. The van der Waals surface area contributed by atoms with Gasteiger partial charge >= 0.3 is 5.97 Å². The lowest BCUT2D eigenvalue weighted by Gasteiger charge is -2.28. The van der Waals surface area contributed by atoms with Crippen molar-refractivity contribution in [3.05, 3.63) is 23.7 Å². The van der Waals surface area contributed by atoms with Crippen LogP contribution in [-0.2, 0) is 9.53 Å². The number of rotatable bonds is 7. The molecule has 0 saturated carbocycles. The lowest BCUT2D eigenvalue weighted by Crippen LogP contribution is -2.32. The second kappa shape index (κ2) is 6.83. The van der Waals surface area contributed by atoms with Gasteiger partial charge in [-0.05, 0) is 30.7 Å². The molecule has 0 aliphatic heterocycles. The molecule has 2 nitrogen and oxygen atoms in total. The Morgan fingerprint density at radius 3 is 2.47 bits per heavy atom. The summed E-state index contributed by atoms with van der Waals surface area (Å²) in [5, 5.41) is 0. The fourth-order valence-electron chi connectivity index (χ4n) is 1.57. The number of hydrogen-bond acceptors (Lipinski definition) is 2. The van der Waals surface area contributed by atoms with Gasteiger partial charge in [0.25, 0.3) is 0 Å². The SMILES string of the molecule is C=CC[C@@](CC)(CC(=C)Br)C(=O)OCC. The third-order valence-corrected chi connectivity index (χ3v) is 2.73. The second-order valence-electron chi connectivity index (χ2n) is 3.54. The van der Waals surface area contributed by atoms with Crippen molar-refractivity contribution in [3.63, 3.8) is 0 Å². The molecular formula is C12H19BrO2. The molecule has 0 fully saturated rings. The van der Waals surface area contributed by atoms with E-state index < -0.39 is 5.41 Å². The molecule has 0 spiro atoms. The van der Waals surface area contributed by atoms with Gasteiger partial charge in [-0.1, -0.05) is 35.5 Å². The number of ether oxygens (including phenoxy) is 1. The molecule has 15 heavy (non-hydrogen) atoms. The van der Waals surface area contributed by atoms with Crippen LogP contribution in [0.3, 0.4) is 0 Å². The maximum absolute atomic E-state index is 11.9. The van der Waals surface area contributed by atoms with Crippen molar-refractivity contribution in [2.75, 3.05) is 6.61 Å². The van der Waals surface area contributed by atoms with Gasteiger partial charge in [-0.3, -0.25) is 4.79 Å². The molecule has 0 aromatic carbocycles. The molecule has 0 saturated heterocycles. The van der Waals surface area contributed by atoms with E-state index >= 15 is 0 Å². The third-order valence-electron chi connectivity index (χ3n) is 2.45. The van der Waals surface area contributed by atoms with Crippen molar-refractivity contribution >= 4 is 21.9 Å². The van der Waals surface area contributed by atoms with Gasteiger partial charge in [0.15, 0.2) is 0 Å². The molecular weight excluding hydrogens is 256 g/mol. The van der Waals surface area contributed by atoms with E-state index in [1.54, 1.807) is 6.08 Å². The Balaban J connectivity index is 4.85. The van der Waals surface area contributed by atoms with Crippen molar-refractivity contribution in [1.82, 2.24) is 0 Å². The maximum Gasteiger partial charge on any atom is 0.312 e. The predicted molar refractivity (Wildman–Crippen MR) is 66.9 cm³/mol. The first-order chi connectivity index (χ1) is 7.02. The minimum absolute atomic E-state index is 0.159. The van der Waals surface area contributed by atoms with E-state index in [4.69, 9.17) is 4.74 Å². The highest BCUT2D eigenvalue weighted by Gasteiger charge is 2.37. The lowest BCUT2D eigenvalue weighted by molar-refractivity contribution is -0.155. The number of esters is 1. The summed E-state index contributed by atoms with van der Waals surface area (Å²) in [7, 11) is 0. The van der Waals surface area contributed by atoms with Gasteiger partial charge < -0.3 is 4.74 Å². The van der Waals surface area contributed by atoms with Crippen molar-refractivity contribution in [1.29, 1.82) is 0 Å². The maximum atomic E-state index is 11.9. The Labute approximate surface area is 101 Å². The van der Waals surface area contributed by atoms with Crippen LogP contribution < -0.4 is 0 Å². The van der Waals surface area contributed by atoms with Gasteiger partial charge in [0.05, 0.1) is 12.0 Å². The molecule has 1 atom stereocenters. The molecule has 0 rings (SSSR count). The summed E-state index contributed by atoms with van der Waals surface area (Å²) in [4.78, 5) is 11.9. The Hall–Kier alpha value is -0.570. The van der Waals surface area contributed by atoms with Gasteiger partial charge in [0.2, 0.25) is 0 Å². The first-order valence-corrected chi connectivity index (χ1v) is 5.93. The minimum atomic E-state index is -0.502. The largest absolute Gasteiger partial charge is 0.466 e. The Morgan fingerprint density at radius 2 is 2.13 bits per heavy atom. The number of allylic oxidation sites excluding steroid dienone is 2. The van der Waals surface area contributed by atoms with Crippen LogP contribution in [0.5, 0.6) is 0 Å². The zero-order valence-electron chi connectivity index (χ0n) is 9.51. The monoisotopic (exact) mass is 274 g/mol. The summed E-state index contributed by atoms with van der Waals surface area (Å²) in [6, 6.07) is 0. The first-order valence-electron chi connectivity index (χ1n) is 5.13. The molecule has 0 N–H and O–H groups in total. The highest BCUT2D eigenvalue weighted by atomic mass is 79.9. The highest BCUT2D eigenvalue weighted by Crippen LogP contribution is 2.37. The summed E-state index contributed by atoms with van der Waals surface area (Å²) < 4.78 is 5.92. The topological polar surface area (TPSA) is 26.3 Å². The summed E-state index contributed by atoms with van der Waals surface area (Å²) in [5.41, 5.74) is -0.502. The molecule has 0 amide bonds. The van der Waals surface area contributed by atoms with Crippen molar-refractivity contribution in [3.8, 4) is 0 Å². The molecule has 0 aliphatic rings. The van der Waals surface area contributed by atoms with Crippen molar-refractivity contribution < 1.29 is 9.53 Å². The molecule has 0 aromatic heterocycles. The van der Waals surface area contributed by atoms with Crippen molar-refractivity contribution in [2.45, 2.75) is 33.1 Å². The summed E-state index contributed by atoms with van der Waals surface area (Å²) in [6.07, 6.45) is 3.69. The summed E-state index contributed by atoms with van der Waals surface area (Å²) >= 11 is 3.30. The second-order valence-corrected chi connectivity index (χ2v) is 4.66. The van der Waals surface area contributed by atoms with E-state index in [9.17, 15) is 4.79 Å². The summed E-state index contributed by atoms with van der Waals surface area (Å²) in [5.74, 6) is -0.159. The summed E-state index contributed by atoms with van der Waals surface area (Å²) in [6.45, 7) is 11.7. The van der Waals surface area contributed by atoms with Crippen LogP contribution >= 0.6 is 15.9 Å². The van der Waals surface area contributed by atoms with Crippen LogP contribution in [0.4, 0.5) is 0 Å². The van der Waals surface area contributed by atoms with Gasteiger partial charge in [0.1, 0.15) is 0 Å². The van der Waals surface area contributed by atoms with Crippen LogP contribution in [0, 0.1) is 5.41 Å². The normalized spacial score (nSPS) is 14.1. The standard InChI is InChI=1S/C12H19BrO2/c1-5-8-12(6-2,9-10(4)13)11(14)15-7-3/h5H,1,4,6-9H2,2-3H3/t12-/m0/s1. The van der Waals surface area contributed by atoms with E-state index in [1.807, 2.05) is 13.8 Å². The zero-order valence-corrected chi connectivity index (χ0v) is 11.1. The molecule has 0 radical (unpaired) electrons. The number of carbonyl (C=O) groups excluding carboxylic acids is 1. The van der Waals surface area contributed by atoms with Crippen LogP contribution in [-0.4, -0.2) is 12.6 Å². The minimum Gasteiger partial charge on any atom is -0.466 e. The van der Waals surface area contributed by atoms with Gasteiger partial charge in [0, 0.05) is 0 Å². The quantitative estimate of drug-likeness (QED) is 0.521. The molecule has 0 aromatic rings. The van der Waals surface area contributed by atoms with E-state index in [2.05, 4.69) is 29.1 Å². The van der Waals surface area contributed by atoms with E-state index in [0.29, 0.717) is 19.4 Å². The van der Waals surface area contributed by atoms with Crippen LogP contribution in [0.25, 0.3) is 0 Å². The van der Waals surface area contributed by atoms with E-state index in [0.717, 1.165) is 10.9 Å². The third kappa shape index (κ3) is 4.20. The molecule has 0 heterocycles. The lowest BCUT2D eigenvalue weighted by atomic mass is 9.78. The molecule has 3 heteroatoms. The van der Waals surface area contributed by atoms with Crippen LogP contribution in [0.2, 0.25) is 0 Å². The van der Waals surface area contributed by atoms with Crippen molar-refractivity contribution in [2.24, 2.45) is 5.41 Å². The fraction of sp³-hybridized carbons (Fsp3) is 0.583. The Bertz CT molecular complexity index is 248. The van der Waals surface area contributed by atoms with Gasteiger partial charge in [-0.25, -0.2) is 0 Å². The average Bonchev–Trinajstić information content (AvgIpc) is 2.16. The predicted octanol–water partition coefficient (Wildman–Crippen LogP) is 3.82. The number of halogens is 1. The smallest absolute Gasteiger partial charge is 0.312 e. The highest BCUT2D eigenvalue weighted by molar-refractivity contribution is 9.11. The number of carbonyl (C=O) groups is 1. The Kier molecular flexibility index (Phi) is 6.57. The van der Waals surface area contributed by atoms with E-state index in [1.165, 1.54) is 0 Å². The number of hydrogen-bond donors (Lipinski definition) is 0. The van der Waals surface area contributed by atoms with E-state index in [-0.39, 0.29) is 5.97 Å². The molecule has 0 aliphatic carbocycles. The molecule has 86 valence electrons. The van der Waals surface area contributed by atoms with Gasteiger partial charge in [-0.2, -0.15) is 0 Å². The fourth-order valence-corrected chi connectivity index (χ4v) is 2.11. The zero-order chi connectivity index (χ0) is 11.9. The van der Waals surface area contributed by atoms with Crippen LogP contribution in [0.15, 0.2) is 23.7 Å². The average molecular weight is 275 g/mol. The molecule has 0 bridgehead atoms. The van der Waals surface area contributed by atoms with Crippen LogP contribution in [0.1, 0.15) is 33.1 Å². The molecule has 0 unspecified atom stereocenters. The van der Waals surface area contributed by atoms with Gasteiger partial charge in [-0.15, -0.1) is 6.58 Å².